The Morgan fingerprint density at radius 3 is 2.54 bits per heavy atom. The molecule has 0 aliphatic heterocycles. The molecule has 0 fully saturated rings. The van der Waals surface area contributed by atoms with E-state index in [1.54, 1.807) is 4.52 Å². The quantitative estimate of drug-likeness (QED) is 0.778. The summed E-state index contributed by atoms with van der Waals surface area (Å²) in [7, 11) is 0. The minimum atomic E-state index is -0.0616. The Morgan fingerprint density at radius 1 is 1.15 bits per heavy atom. The van der Waals surface area contributed by atoms with Crippen LogP contribution in [0.15, 0.2) is 18.2 Å². The fraction of sp³-hybridized carbons (Fsp3) is 0.400. The Labute approximate surface area is 153 Å². The van der Waals surface area contributed by atoms with Crippen LogP contribution >= 0.6 is 0 Å². The van der Waals surface area contributed by atoms with Crippen molar-refractivity contribution in [2.45, 2.75) is 53.9 Å². The van der Waals surface area contributed by atoms with Crippen molar-refractivity contribution in [1.29, 1.82) is 0 Å². The average Bonchev–Trinajstić information content (AvgIpc) is 2.98. The van der Waals surface area contributed by atoms with E-state index < -0.39 is 0 Å². The lowest BCUT2D eigenvalue weighted by Gasteiger charge is -2.12. The molecule has 1 amide bonds. The maximum absolute atomic E-state index is 12.6. The molecule has 1 aromatic carbocycles. The van der Waals surface area contributed by atoms with Crippen LogP contribution in [0.1, 0.15) is 53.7 Å². The van der Waals surface area contributed by atoms with Gasteiger partial charge in [0.1, 0.15) is 0 Å². The maximum Gasteiger partial charge on any atom is 0.252 e. The smallest absolute Gasteiger partial charge is 0.252 e. The Balaban J connectivity index is 1.89. The number of carbonyl (C=O) groups is 1. The van der Waals surface area contributed by atoms with Crippen LogP contribution in [0.3, 0.4) is 0 Å². The molecule has 136 valence electrons. The zero-order valence-electron chi connectivity index (χ0n) is 16.2. The van der Waals surface area contributed by atoms with Crippen LogP contribution in [-0.4, -0.2) is 25.5 Å². The summed E-state index contributed by atoms with van der Waals surface area (Å²) in [4.78, 5) is 21.6. The number of aryl methyl sites for hydroxylation is 4. The van der Waals surface area contributed by atoms with Gasteiger partial charge in [0.15, 0.2) is 5.82 Å². The molecule has 0 saturated heterocycles. The van der Waals surface area contributed by atoms with Crippen molar-refractivity contribution in [3.8, 4) is 0 Å². The van der Waals surface area contributed by atoms with E-state index in [9.17, 15) is 4.79 Å². The third-order valence-corrected chi connectivity index (χ3v) is 4.58. The molecule has 0 saturated carbocycles. The summed E-state index contributed by atoms with van der Waals surface area (Å²) in [5.41, 5.74) is 5.68. The van der Waals surface area contributed by atoms with E-state index in [0.717, 1.165) is 34.0 Å². The van der Waals surface area contributed by atoms with Crippen LogP contribution in [0.4, 0.5) is 5.69 Å². The molecule has 3 aromatic rings. The van der Waals surface area contributed by atoms with E-state index in [-0.39, 0.29) is 18.2 Å². The van der Waals surface area contributed by atoms with Crippen molar-refractivity contribution >= 4 is 17.4 Å². The topological polar surface area (TPSA) is 72.2 Å². The first-order chi connectivity index (χ1) is 12.3. The van der Waals surface area contributed by atoms with Gasteiger partial charge in [-0.1, -0.05) is 31.5 Å². The van der Waals surface area contributed by atoms with E-state index in [2.05, 4.69) is 40.3 Å². The van der Waals surface area contributed by atoms with Crippen LogP contribution in [0.2, 0.25) is 0 Å². The fourth-order valence-corrected chi connectivity index (χ4v) is 3.03. The molecule has 0 unspecified atom stereocenters. The molecular formula is C20H25N5O. The standard InChI is InChI=1S/C20H25N5O/c1-11(2)19-23-20-21-14(5)16(15(6)25(20)24-19)10-18(26)22-17-8-7-12(3)9-13(17)4/h7-9,11H,10H2,1-6H3,(H,22,26). The molecule has 6 heteroatoms. The molecule has 2 heterocycles. The van der Waals surface area contributed by atoms with Gasteiger partial charge in [-0.3, -0.25) is 4.79 Å². The maximum atomic E-state index is 12.6. The van der Waals surface area contributed by atoms with Gasteiger partial charge in [-0.05, 0) is 39.3 Å². The highest BCUT2D eigenvalue weighted by Crippen LogP contribution is 2.19. The van der Waals surface area contributed by atoms with Gasteiger partial charge in [0.05, 0.1) is 6.42 Å². The van der Waals surface area contributed by atoms with Crippen molar-refractivity contribution in [2.24, 2.45) is 0 Å². The van der Waals surface area contributed by atoms with Crippen molar-refractivity contribution in [3.63, 3.8) is 0 Å². The van der Waals surface area contributed by atoms with E-state index in [1.165, 1.54) is 5.56 Å². The molecule has 26 heavy (non-hydrogen) atoms. The second-order valence-electron chi connectivity index (χ2n) is 7.14. The molecule has 0 atom stereocenters. The van der Waals surface area contributed by atoms with Gasteiger partial charge in [-0.25, -0.2) is 9.50 Å². The summed E-state index contributed by atoms with van der Waals surface area (Å²) < 4.78 is 1.74. The van der Waals surface area contributed by atoms with Crippen molar-refractivity contribution < 1.29 is 4.79 Å². The third kappa shape index (κ3) is 3.45. The summed E-state index contributed by atoms with van der Waals surface area (Å²) in [6.45, 7) is 12.0. The van der Waals surface area contributed by atoms with Crippen molar-refractivity contribution in [2.75, 3.05) is 5.32 Å². The van der Waals surface area contributed by atoms with Gasteiger partial charge in [0, 0.05) is 28.6 Å². The molecule has 0 aliphatic carbocycles. The van der Waals surface area contributed by atoms with E-state index in [0.29, 0.717) is 5.78 Å². The Bertz CT molecular complexity index is 988. The number of aromatic nitrogens is 4. The summed E-state index contributed by atoms with van der Waals surface area (Å²) in [6, 6.07) is 5.99. The fourth-order valence-electron chi connectivity index (χ4n) is 3.03. The number of amides is 1. The lowest BCUT2D eigenvalue weighted by molar-refractivity contribution is -0.115. The zero-order valence-corrected chi connectivity index (χ0v) is 16.2. The number of hydrogen-bond acceptors (Lipinski definition) is 4. The Morgan fingerprint density at radius 2 is 1.88 bits per heavy atom. The van der Waals surface area contributed by atoms with Gasteiger partial charge in [0.2, 0.25) is 5.91 Å². The third-order valence-electron chi connectivity index (χ3n) is 4.58. The van der Waals surface area contributed by atoms with E-state index in [4.69, 9.17) is 0 Å². The predicted molar refractivity (Wildman–Crippen MR) is 103 cm³/mol. The second-order valence-corrected chi connectivity index (χ2v) is 7.14. The van der Waals surface area contributed by atoms with Crippen LogP contribution in [0.5, 0.6) is 0 Å². The van der Waals surface area contributed by atoms with Gasteiger partial charge >= 0.3 is 0 Å². The number of hydrogen-bond donors (Lipinski definition) is 1. The summed E-state index contributed by atoms with van der Waals surface area (Å²) in [6.07, 6.45) is 0.255. The highest BCUT2D eigenvalue weighted by Gasteiger charge is 2.17. The molecule has 0 radical (unpaired) electrons. The largest absolute Gasteiger partial charge is 0.326 e. The SMILES string of the molecule is Cc1ccc(NC(=O)Cc2c(C)nc3nc(C(C)C)nn3c2C)c(C)c1. The molecule has 6 nitrogen and oxygen atoms in total. The Kier molecular flexibility index (Phi) is 4.76. The van der Waals surface area contributed by atoms with Gasteiger partial charge in [-0.15, -0.1) is 5.10 Å². The number of rotatable bonds is 4. The summed E-state index contributed by atoms with van der Waals surface area (Å²) >= 11 is 0. The van der Waals surface area contributed by atoms with E-state index >= 15 is 0 Å². The van der Waals surface area contributed by atoms with Gasteiger partial charge in [-0.2, -0.15) is 4.98 Å². The summed E-state index contributed by atoms with van der Waals surface area (Å²) in [5.74, 6) is 1.51. The minimum Gasteiger partial charge on any atom is -0.326 e. The molecule has 1 N–H and O–H groups in total. The van der Waals surface area contributed by atoms with Crippen LogP contribution < -0.4 is 5.32 Å². The van der Waals surface area contributed by atoms with Crippen LogP contribution in [-0.2, 0) is 11.2 Å². The number of fused-ring (bicyclic) bond motifs is 1. The van der Waals surface area contributed by atoms with Gasteiger partial charge in [0.25, 0.3) is 5.78 Å². The Hall–Kier alpha value is -2.76. The molecule has 2 aromatic heterocycles. The first kappa shape index (κ1) is 18.0. The van der Waals surface area contributed by atoms with Crippen molar-refractivity contribution in [3.05, 3.63) is 52.1 Å². The first-order valence-electron chi connectivity index (χ1n) is 8.86. The highest BCUT2D eigenvalue weighted by atomic mass is 16.1. The number of benzene rings is 1. The lowest BCUT2D eigenvalue weighted by atomic mass is 10.1. The number of nitrogens with zero attached hydrogens (tertiary/aromatic N) is 4. The van der Waals surface area contributed by atoms with Crippen molar-refractivity contribution in [1.82, 2.24) is 19.6 Å². The highest BCUT2D eigenvalue weighted by molar-refractivity contribution is 5.93. The number of nitrogens with one attached hydrogen (secondary N) is 1. The normalized spacial score (nSPS) is 11.3. The first-order valence-corrected chi connectivity index (χ1v) is 8.86. The monoisotopic (exact) mass is 351 g/mol. The van der Waals surface area contributed by atoms with Crippen LogP contribution in [0.25, 0.3) is 5.78 Å². The van der Waals surface area contributed by atoms with Crippen LogP contribution in [0, 0.1) is 27.7 Å². The lowest BCUT2D eigenvalue weighted by Crippen LogP contribution is -2.18. The second kappa shape index (κ2) is 6.86. The molecule has 0 bridgehead atoms. The van der Waals surface area contributed by atoms with E-state index in [1.807, 2.05) is 39.8 Å². The molecule has 3 rings (SSSR count). The van der Waals surface area contributed by atoms with Gasteiger partial charge < -0.3 is 5.32 Å². The predicted octanol–water partition coefficient (Wildman–Crippen LogP) is 3.66. The zero-order chi connectivity index (χ0) is 19.0. The average molecular weight is 351 g/mol. The molecular weight excluding hydrogens is 326 g/mol. The number of carbonyl (C=O) groups excluding carboxylic acids is 1. The number of anilines is 1. The molecule has 0 spiro atoms. The molecule has 0 aliphatic rings. The minimum absolute atomic E-state index is 0.0616. The summed E-state index contributed by atoms with van der Waals surface area (Å²) in [5, 5.41) is 7.54.